The van der Waals surface area contributed by atoms with Gasteiger partial charge in [0.2, 0.25) is 5.95 Å². The molecule has 9 rings (SSSR count). The molecule has 0 radical (unpaired) electrons. The maximum Gasteiger partial charge on any atom is 2.00 e. The summed E-state index contributed by atoms with van der Waals surface area (Å²) in [7, 11) is 0. The molecular weight excluding hydrogens is 823 g/mol. The summed E-state index contributed by atoms with van der Waals surface area (Å²) in [5, 5.41) is 1.82. The predicted octanol–water partition coefficient (Wildman–Crippen LogP) is 8.42. The number of pyridine rings is 2. The number of benzene rings is 4. The number of rotatable bonds is 7. The Morgan fingerprint density at radius 2 is 1.06 bits per heavy atom. The van der Waals surface area contributed by atoms with Crippen molar-refractivity contribution < 1.29 is 50.3 Å². The van der Waals surface area contributed by atoms with Crippen molar-refractivity contribution in [2.24, 2.45) is 0 Å². The van der Waals surface area contributed by atoms with Crippen LogP contribution in [0.15, 0.2) is 128 Å². The third kappa shape index (κ3) is 6.77. The molecule has 4 aromatic carbocycles. The molecule has 0 aliphatic heterocycles. The molecule has 9 aromatic rings. The molecule has 0 aliphatic carbocycles. The van der Waals surface area contributed by atoms with Crippen LogP contribution in [-0.4, -0.2) is 34.5 Å². The molecule has 0 unspecified atom stereocenters. The summed E-state index contributed by atoms with van der Waals surface area (Å²) in [6.45, 7) is 0. The Morgan fingerprint density at radius 1 is 0.490 bits per heavy atom. The van der Waals surface area contributed by atoms with Crippen molar-refractivity contribution in [1.82, 2.24) is 34.5 Å². The first-order valence-electron chi connectivity index (χ1n) is 15.3. The fourth-order valence-electron chi connectivity index (χ4n) is 5.62. The minimum atomic E-state index is 0. The molecule has 5 aromatic heterocycles. The smallest absolute Gasteiger partial charge is 0.503 e. The average molecular weight is 844 g/mol. The van der Waals surface area contributed by atoms with E-state index in [2.05, 4.69) is 49.2 Å². The zero-order chi connectivity index (χ0) is 32.6. The predicted molar refractivity (Wildman–Crippen MR) is 184 cm³/mol. The molecule has 0 spiro atoms. The zero-order valence-electron chi connectivity index (χ0n) is 26.2. The van der Waals surface area contributed by atoms with Crippen molar-refractivity contribution in [2.45, 2.75) is 0 Å². The number of aromatic nitrogens is 7. The van der Waals surface area contributed by atoms with Crippen LogP contribution in [0.3, 0.4) is 0 Å². The zero-order valence-corrected chi connectivity index (χ0v) is 29.3. The van der Waals surface area contributed by atoms with Crippen molar-refractivity contribution in [2.75, 3.05) is 0 Å². The first-order chi connectivity index (χ1) is 24.2. The van der Waals surface area contributed by atoms with Crippen molar-refractivity contribution in [3.05, 3.63) is 152 Å². The third-order valence-corrected chi connectivity index (χ3v) is 7.84. The van der Waals surface area contributed by atoms with E-state index in [4.69, 9.17) is 14.5 Å². The van der Waals surface area contributed by atoms with E-state index in [9.17, 15) is 0 Å². The quantitative estimate of drug-likeness (QED) is 0.117. The van der Waals surface area contributed by atoms with Crippen LogP contribution in [0.25, 0.3) is 61.3 Å². The van der Waals surface area contributed by atoms with Gasteiger partial charge in [-0.1, -0.05) is 47.4 Å². The molecule has 0 N–H and O–H groups in total. The normalized spacial score (nSPS) is 10.8. The molecule has 0 saturated heterocycles. The molecule has 0 aliphatic rings. The Labute approximate surface area is 319 Å². The molecule has 0 fully saturated rings. The summed E-state index contributed by atoms with van der Waals surface area (Å²) >= 11 is 0. The molecule has 51 heavy (non-hydrogen) atoms. The largest absolute Gasteiger partial charge is 2.00 e. The Kier molecular flexibility index (Phi) is 9.72. The third-order valence-electron chi connectivity index (χ3n) is 7.84. The first-order valence-corrected chi connectivity index (χ1v) is 15.3. The Bertz CT molecular complexity index is 2500. The first kappa shape index (κ1) is 33.8. The van der Waals surface area contributed by atoms with Gasteiger partial charge in [-0.3, -0.25) is 0 Å². The van der Waals surface area contributed by atoms with Gasteiger partial charge in [-0.15, -0.1) is 71.8 Å². The molecule has 0 amide bonds. The van der Waals surface area contributed by atoms with Gasteiger partial charge < -0.3 is 24.0 Å². The Hall–Kier alpha value is -5.68. The topological polar surface area (TPSA) is 101 Å². The number of nitrogens with zero attached hydrogens (tertiary/aromatic N) is 7. The minimum absolute atomic E-state index is 0. The molecule has 9 nitrogen and oxygen atoms in total. The SMILES string of the molecule is [Pd+2].[Pd+2].[c-]1c(Oc2[c-]c3c(cc2)c2ccc(Oc4[c-]c(-c5ccccn5)ccc4)[c-]c2n3-c2ncc3ncncc3n2)cccc1-c1ccccn1. The summed E-state index contributed by atoms with van der Waals surface area (Å²) < 4.78 is 14.5. The molecule has 11 heteroatoms. The molecule has 0 saturated carbocycles. The second-order valence-electron chi connectivity index (χ2n) is 11.0. The number of hydrogen-bond acceptors (Lipinski definition) is 8. The van der Waals surface area contributed by atoms with Gasteiger partial charge in [0.05, 0.1) is 12.4 Å². The molecule has 0 atom stereocenters. The fraction of sp³-hybridized carbons (Fsp3) is 0. The maximum atomic E-state index is 6.30. The van der Waals surface area contributed by atoms with Crippen molar-refractivity contribution >= 4 is 32.8 Å². The van der Waals surface area contributed by atoms with E-state index in [1.165, 1.54) is 6.33 Å². The number of ether oxygens (including phenoxy) is 2. The summed E-state index contributed by atoms with van der Waals surface area (Å²) in [4.78, 5) is 26.8. The van der Waals surface area contributed by atoms with Crippen LogP contribution in [-0.2, 0) is 40.8 Å². The summed E-state index contributed by atoms with van der Waals surface area (Å²) in [5.74, 6) is 2.45. The van der Waals surface area contributed by atoms with Crippen molar-refractivity contribution in [3.8, 4) is 51.5 Å². The van der Waals surface area contributed by atoms with Crippen LogP contribution in [0.5, 0.6) is 23.0 Å². The Balaban J connectivity index is 0.00000203. The molecular formula is C40H21N7O2Pd2. The van der Waals surface area contributed by atoms with Crippen LogP contribution in [0.4, 0.5) is 0 Å². The number of fused-ring (bicyclic) bond motifs is 4. The van der Waals surface area contributed by atoms with Gasteiger partial charge in [-0.25, -0.2) is 19.9 Å². The van der Waals surface area contributed by atoms with E-state index in [0.717, 1.165) is 33.3 Å². The van der Waals surface area contributed by atoms with E-state index in [1.807, 2.05) is 102 Å². The summed E-state index contributed by atoms with van der Waals surface area (Å²) in [5.41, 5.74) is 5.88. The second kappa shape index (κ2) is 14.7. The standard InChI is InChI=1S/C40H21N7O2.2Pd/c1-3-17-42-34(11-1)26-7-5-9-28(19-26)48-30-13-15-32-33-16-14-31(49-29-10-6-8-27(20-29)35-12-2-4-18-43-35)22-39(33)47(38(32)21-30)40-44-24-36-37(46-40)23-41-25-45-36;;/h1-18,23-25H;;/q-4;2*+2. The summed E-state index contributed by atoms with van der Waals surface area (Å²) in [6.07, 6.45) is 8.31. The van der Waals surface area contributed by atoms with E-state index in [-0.39, 0.29) is 40.8 Å². The molecule has 5 heterocycles. The van der Waals surface area contributed by atoms with Gasteiger partial charge in [0, 0.05) is 35.4 Å². The van der Waals surface area contributed by atoms with Crippen LogP contribution in [0.1, 0.15) is 0 Å². The Morgan fingerprint density at radius 3 is 1.61 bits per heavy atom. The van der Waals surface area contributed by atoms with Crippen LogP contribution in [0.2, 0.25) is 0 Å². The van der Waals surface area contributed by atoms with Gasteiger partial charge in [0.1, 0.15) is 17.4 Å². The maximum absolute atomic E-state index is 6.30. The van der Waals surface area contributed by atoms with Gasteiger partial charge in [0.15, 0.2) is 0 Å². The van der Waals surface area contributed by atoms with Gasteiger partial charge in [0.25, 0.3) is 0 Å². The molecule has 248 valence electrons. The van der Waals surface area contributed by atoms with Crippen LogP contribution < -0.4 is 9.47 Å². The second-order valence-corrected chi connectivity index (χ2v) is 11.0. The van der Waals surface area contributed by atoms with Crippen LogP contribution >= 0.6 is 0 Å². The minimum Gasteiger partial charge on any atom is -0.503 e. The molecule has 0 bridgehead atoms. The van der Waals surface area contributed by atoms with E-state index in [1.54, 1.807) is 24.8 Å². The van der Waals surface area contributed by atoms with Gasteiger partial charge in [-0.2, -0.15) is 22.9 Å². The average Bonchev–Trinajstić information content (AvgIpc) is 3.48. The van der Waals surface area contributed by atoms with E-state index >= 15 is 0 Å². The van der Waals surface area contributed by atoms with Crippen molar-refractivity contribution in [3.63, 3.8) is 0 Å². The number of hydrogen-bond donors (Lipinski definition) is 0. The van der Waals surface area contributed by atoms with Gasteiger partial charge in [-0.05, 0) is 23.5 Å². The van der Waals surface area contributed by atoms with Gasteiger partial charge >= 0.3 is 40.8 Å². The monoisotopic (exact) mass is 843 g/mol. The van der Waals surface area contributed by atoms with Crippen LogP contribution in [0, 0.1) is 24.3 Å². The summed E-state index contributed by atoms with van der Waals surface area (Å²) in [6, 6.07) is 44.2. The fourth-order valence-corrected chi connectivity index (χ4v) is 5.62. The van der Waals surface area contributed by atoms with E-state index in [0.29, 0.717) is 51.0 Å². The van der Waals surface area contributed by atoms with Crippen molar-refractivity contribution in [1.29, 1.82) is 0 Å². The van der Waals surface area contributed by atoms with E-state index < -0.39 is 0 Å².